The standard InChI is InChI=1S/C26H27N3O5S/c1-14-8-11-20(12-9-14)35(32,33)34-26-23(18(5)27-28(26)7)25(30)21-13-10-15(2)24-22(21)17(4)16(3)19(6)29(24)31/h8-13H,1-7H3. The third-order valence-electron chi connectivity index (χ3n) is 6.51. The fraction of sp³-hybridized carbons (Fsp3) is 0.269. The van der Waals surface area contributed by atoms with Crippen molar-refractivity contribution in [1.82, 2.24) is 9.78 Å². The molecule has 8 nitrogen and oxygen atoms in total. The Balaban J connectivity index is 1.92. The third-order valence-corrected chi connectivity index (χ3v) is 7.73. The predicted molar refractivity (Wildman–Crippen MR) is 132 cm³/mol. The number of aromatic nitrogens is 3. The van der Waals surface area contributed by atoms with E-state index in [1.807, 2.05) is 27.7 Å². The first kappa shape index (κ1) is 24.4. The SMILES string of the molecule is Cc1ccc(S(=O)(=O)Oc2c(C(=O)c3ccc(C)c4c3c(C)c(C)c(C)[n+]4[O-])c(C)nn2C)cc1. The summed E-state index contributed by atoms with van der Waals surface area (Å²) in [5, 5.41) is 17.8. The first-order valence-corrected chi connectivity index (χ1v) is 12.5. The van der Waals surface area contributed by atoms with Gasteiger partial charge in [0.15, 0.2) is 5.69 Å². The van der Waals surface area contributed by atoms with Crippen molar-refractivity contribution in [3.05, 3.63) is 86.4 Å². The summed E-state index contributed by atoms with van der Waals surface area (Å²) in [6, 6.07) is 9.61. The normalized spacial score (nSPS) is 11.7. The van der Waals surface area contributed by atoms with Crippen molar-refractivity contribution in [2.45, 2.75) is 46.4 Å². The number of ketones is 1. The zero-order chi connectivity index (χ0) is 25.8. The Morgan fingerprint density at radius 2 is 1.60 bits per heavy atom. The lowest BCUT2D eigenvalue weighted by Crippen LogP contribution is -2.33. The molecule has 2 aromatic heterocycles. The molecule has 35 heavy (non-hydrogen) atoms. The van der Waals surface area contributed by atoms with Crippen molar-refractivity contribution < 1.29 is 22.1 Å². The zero-order valence-corrected chi connectivity index (χ0v) is 21.6. The van der Waals surface area contributed by atoms with Crippen molar-refractivity contribution in [2.75, 3.05) is 0 Å². The Hall–Kier alpha value is -3.72. The van der Waals surface area contributed by atoms with Gasteiger partial charge in [0.05, 0.1) is 11.1 Å². The van der Waals surface area contributed by atoms with Crippen molar-refractivity contribution in [3.8, 4) is 5.88 Å². The number of nitrogens with zero attached hydrogens (tertiary/aromatic N) is 3. The molecule has 2 aromatic carbocycles. The summed E-state index contributed by atoms with van der Waals surface area (Å²) >= 11 is 0. The number of pyridine rings is 1. The second-order valence-electron chi connectivity index (χ2n) is 8.85. The summed E-state index contributed by atoms with van der Waals surface area (Å²) in [5.74, 6) is -0.653. The Morgan fingerprint density at radius 1 is 0.971 bits per heavy atom. The monoisotopic (exact) mass is 493 g/mol. The molecule has 9 heteroatoms. The molecule has 0 amide bonds. The maximum absolute atomic E-state index is 13.9. The molecule has 0 atom stereocenters. The quantitative estimate of drug-likeness (QED) is 0.180. The topological polar surface area (TPSA) is 105 Å². The minimum absolute atomic E-state index is 0.0309. The van der Waals surface area contributed by atoms with Gasteiger partial charge in [-0.25, -0.2) is 4.68 Å². The summed E-state index contributed by atoms with van der Waals surface area (Å²) in [5.41, 5.74) is 4.84. The lowest BCUT2D eigenvalue weighted by molar-refractivity contribution is -0.584. The number of hydrogen-bond donors (Lipinski definition) is 0. The van der Waals surface area contributed by atoms with Gasteiger partial charge in [0.2, 0.25) is 17.2 Å². The number of benzene rings is 2. The van der Waals surface area contributed by atoms with Crippen LogP contribution in [0.1, 0.15) is 49.6 Å². The second kappa shape index (κ2) is 8.49. The molecule has 0 spiro atoms. The van der Waals surface area contributed by atoms with E-state index < -0.39 is 15.9 Å². The highest BCUT2D eigenvalue weighted by Crippen LogP contribution is 2.33. The van der Waals surface area contributed by atoms with Crippen LogP contribution in [-0.2, 0) is 17.2 Å². The molecular weight excluding hydrogens is 466 g/mol. The molecule has 0 aliphatic heterocycles. The van der Waals surface area contributed by atoms with Gasteiger partial charge >= 0.3 is 10.1 Å². The van der Waals surface area contributed by atoms with Crippen LogP contribution >= 0.6 is 0 Å². The van der Waals surface area contributed by atoms with E-state index in [9.17, 15) is 18.4 Å². The molecule has 0 radical (unpaired) electrons. The summed E-state index contributed by atoms with van der Waals surface area (Å²) in [6.07, 6.45) is 0. The highest BCUT2D eigenvalue weighted by atomic mass is 32.2. The van der Waals surface area contributed by atoms with Crippen molar-refractivity contribution in [1.29, 1.82) is 0 Å². The smallest absolute Gasteiger partial charge is 0.340 e. The minimum atomic E-state index is -4.22. The van der Waals surface area contributed by atoms with Gasteiger partial charge in [-0.15, -0.1) is 0 Å². The fourth-order valence-corrected chi connectivity index (χ4v) is 5.26. The number of hydrogen-bond acceptors (Lipinski definition) is 6. The van der Waals surface area contributed by atoms with E-state index >= 15 is 0 Å². The van der Waals surface area contributed by atoms with E-state index in [1.165, 1.54) is 23.9 Å². The van der Waals surface area contributed by atoms with Gasteiger partial charge in [0.25, 0.3) is 0 Å². The lowest BCUT2D eigenvalue weighted by Gasteiger charge is -2.16. The van der Waals surface area contributed by atoms with Crippen molar-refractivity contribution in [2.24, 2.45) is 7.05 Å². The van der Waals surface area contributed by atoms with Gasteiger partial charge in [-0.1, -0.05) is 23.8 Å². The van der Waals surface area contributed by atoms with Gasteiger partial charge in [-0.05, 0) is 58.4 Å². The molecule has 0 unspecified atom stereocenters. The predicted octanol–water partition coefficient (Wildman–Crippen LogP) is 4.06. The van der Waals surface area contributed by atoms with Gasteiger partial charge in [0.1, 0.15) is 10.5 Å². The molecular formula is C26H27N3O5S. The first-order chi connectivity index (χ1) is 16.3. The third kappa shape index (κ3) is 3.95. The molecule has 0 bridgehead atoms. The van der Waals surface area contributed by atoms with Crippen molar-refractivity contribution in [3.63, 3.8) is 0 Å². The first-order valence-electron chi connectivity index (χ1n) is 11.1. The zero-order valence-electron chi connectivity index (χ0n) is 20.8. The number of fused-ring (bicyclic) bond motifs is 1. The van der Waals surface area contributed by atoms with Crippen LogP contribution in [0.2, 0.25) is 0 Å². The summed E-state index contributed by atoms with van der Waals surface area (Å²) in [6.45, 7) is 10.7. The van der Waals surface area contributed by atoms with E-state index in [4.69, 9.17) is 4.18 Å². The highest BCUT2D eigenvalue weighted by Gasteiger charge is 2.31. The van der Waals surface area contributed by atoms with Crippen LogP contribution in [-0.4, -0.2) is 24.0 Å². The number of carbonyl (C=O) groups is 1. The largest absolute Gasteiger partial charge is 0.618 e. The summed E-state index contributed by atoms with van der Waals surface area (Å²) in [7, 11) is -2.71. The van der Waals surface area contributed by atoms with Crippen LogP contribution < -0.4 is 8.91 Å². The Morgan fingerprint density at radius 3 is 2.23 bits per heavy atom. The van der Waals surface area contributed by atoms with Gasteiger partial charge in [0, 0.05) is 30.7 Å². The maximum Gasteiger partial charge on any atom is 0.340 e. The van der Waals surface area contributed by atoms with E-state index in [2.05, 4.69) is 5.10 Å². The van der Waals surface area contributed by atoms with Crippen LogP contribution in [0.5, 0.6) is 5.88 Å². The molecule has 0 saturated heterocycles. The van der Waals surface area contributed by atoms with Crippen LogP contribution in [0.3, 0.4) is 0 Å². The van der Waals surface area contributed by atoms with Gasteiger partial charge in [-0.2, -0.15) is 18.2 Å². The van der Waals surface area contributed by atoms with Gasteiger partial charge < -0.3 is 9.39 Å². The molecule has 0 saturated carbocycles. The van der Waals surface area contributed by atoms with E-state index in [0.29, 0.717) is 22.3 Å². The average Bonchev–Trinajstić information content (AvgIpc) is 3.07. The number of rotatable bonds is 5. The van der Waals surface area contributed by atoms with Crippen molar-refractivity contribution >= 4 is 26.8 Å². The van der Waals surface area contributed by atoms with Gasteiger partial charge in [-0.3, -0.25) is 4.79 Å². The average molecular weight is 494 g/mol. The molecule has 182 valence electrons. The lowest BCUT2D eigenvalue weighted by atomic mass is 9.92. The van der Waals surface area contributed by atoms with E-state index in [0.717, 1.165) is 27.0 Å². The second-order valence-corrected chi connectivity index (χ2v) is 10.4. The Labute approximate surface area is 204 Å². The number of carbonyl (C=O) groups excluding carboxylic acids is 1. The summed E-state index contributed by atoms with van der Waals surface area (Å²) in [4.78, 5) is 13.9. The Bertz CT molecular complexity index is 1620. The Kier molecular flexibility index (Phi) is 5.92. The minimum Gasteiger partial charge on any atom is -0.618 e. The molecule has 0 N–H and O–H groups in total. The van der Waals surface area contributed by atoms with Crippen LogP contribution in [0.25, 0.3) is 10.9 Å². The van der Waals surface area contributed by atoms with Crippen LogP contribution in [0.4, 0.5) is 0 Å². The molecule has 0 aliphatic rings. The summed E-state index contributed by atoms with van der Waals surface area (Å²) < 4.78 is 33.6. The number of aryl methyl sites for hydroxylation is 5. The molecule has 4 rings (SSSR count). The fourth-order valence-electron chi connectivity index (χ4n) is 4.29. The maximum atomic E-state index is 13.9. The van der Waals surface area contributed by atoms with E-state index in [1.54, 1.807) is 38.1 Å². The van der Waals surface area contributed by atoms with Crippen LogP contribution in [0.15, 0.2) is 41.3 Å². The molecule has 2 heterocycles. The molecule has 0 fully saturated rings. The molecule has 0 aliphatic carbocycles. The highest BCUT2D eigenvalue weighted by molar-refractivity contribution is 7.87. The van der Waals surface area contributed by atoms with Crippen LogP contribution in [0, 0.1) is 46.7 Å². The molecule has 4 aromatic rings. The van der Waals surface area contributed by atoms with E-state index in [-0.39, 0.29) is 21.9 Å².